The molecule has 0 saturated heterocycles. The van der Waals surface area contributed by atoms with Gasteiger partial charge in [0.25, 0.3) is 0 Å². The van der Waals surface area contributed by atoms with Crippen molar-refractivity contribution < 1.29 is 18.9 Å². The molecule has 1 heterocycles. The van der Waals surface area contributed by atoms with Crippen LogP contribution in [0, 0.1) is 0 Å². The van der Waals surface area contributed by atoms with Crippen molar-refractivity contribution in [1.82, 2.24) is 4.98 Å². The summed E-state index contributed by atoms with van der Waals surface area (Å²) in [5.41, 5.74) is 0.895. The van der Waals surface area contributed by atoms with Crippen LogP contribution in [0.15, 0.2) is 35.8 Å². The Morgan fingerprint density at radius 3 is 2.57 bits per heavy atom. The molecular formula is C13H12N2O4S2. The van der Waals surface area contributed by atoms with Gasteiger partial charge in [-0.15, -0.1) is 11.3 Å². The molecule has 2 aromatic rings. The van der Waals surface area contributed by atoms with Crippen molar-refractivity contribution in [2.75, 3.05) is 11.1 Å². The number of carbonyl (C=O) groups excluding carboxylic acids is 1. The second-order valence-electron chi connectivity index (χ2n) is 4.12. The standard InChI is InChI=1S/C13H12N2O4S2/c16-11(15-13-14-5-6-20-13)8-21(19)7-9-1-3-10(4-2-9)12(17)18/h1-6H,7-8H2,(H,17,18)(H,14,15,16). The predicted octanol–water partition coefficient (Wildman–Crippen LogP) is 1.73. The van der Waals surface area contributed by atoms with E-state index in [0.29, 0.717) is 5.13 Å². The summed E-state index contributed by atoms with van der Waals surface area (Å²) in [6.07, 6.45) is 1.57. The van der Waals surface area contributed by atoms with Crippen LogP contribution in [0.25, 0.3) is 0 Å². The topological polar surface area (TPSA) is 96.4 Å². The summed E-state index contributed by atoms with van der Waals surface area (Å²) in [6.45, 7) is 0. The molecule has 1 unspecified atom stereocenters. The predicted molar refractivity (Wildman–Crippen MR) is 80.9 cm³/mol. The third-order valence-corrected chi connectivity index (χ3v) is 4.43. The van der Waals surface area contributed by atoms with E-state index >= 15 is 0 Å². The average molecular weight is 324 g/mol. The van der Waals surface area contributed by atoms with E-state index in [1.807, 2.05) is 0 Å². The molecule has 0 spiro atoms. The van der Waals surface area contributed by atoms with Crippen molar-refractivity contribution in [3.8, 4) is 0 Å². The second kappa shape index (κ2) is 7.09. The van der Waals surface area contributed by atoms with E-state index in [9.17, 15) is 13.8 Å². The number of hydrogen-bond donors (Lipinski definition) is 2. The van der Waals surface area contributed by atoms with Crippen LogP contribution in [0.5, 0.6) is 0 Å². The summed E-state index contributed by atoms with van der Waals surface area (Å²) in [6, 6.07) is 6.09. The Bertz CT molecular complexity index is 653. The van der Waals surface area contributed by atoms with E-state index in [1.165, 1.54) is 23.5 Å². The molecule has 2 rings (SSSR count). The Kier molecular flexibility index (Phi) is 5.18. The zero-order valence-corrected chi connectivity index (χ0v) is 12.4. The molecule has 0 radical (unpaired) electrons. The zero-order valence-electron chi connectivity index (χ0n) is 10.8. The molecule has 0 aliphatic rings. The number of aromatic nitrogens is 1. The van der Waals surface area contributed by atoms with Gasteiger partial charge in [-0.25, -0.2) is 9.78 Å². The lowest BCUT2D eigenvalue weighted by Crippen LogP contribution is -2.20. The molecule has 1 aromatic carbocycles. The summed E-state index contributed by atoms with van der Waals surface area (Å²) >= 11 is 1.29. The number of anilines is 1. The van der Waals surface area contributed by atoms with Crippen molar-refractivity contribution in [1.29, 1.82) is 0 Å². The van der Waals surface area contributed by atoms with Gasteiger partial charge >= 0.3 is 5.97 Å². The number of thiazole rings is 1. The van der Waals surface area contributed by atoms with Crippen molar-refractivity contribution in [2.24, 2.45) is 0 Å². The first-order valence-corrected chi connectivity index (χ1v) is 8.28. The van der Waals surface area contributed by atoms with Gasteiger partial charge in [-0.05, 0) is 17.7 Å². The molecule has 1 aromatic heterocycles. The molecule has 1 amide bonds. The molecule has 0 fully saturated rings. The van der Waals surface area contributed by atoms with Crippen LogP contribution >= 0.6 is 11.3 Å². The van der Waals surface area contributed by atoms with E-state index in [-0.39, 0.29) is 23.0 Å². The second-order valence-corrected chi connectivity index (χ2v) is 6.47. The molecule has 0 aliphatic heterocycles. The fourth-order valence-electron chi connectivity index (χ4n) is 1.57. The first-order valence-electron chi connectivity index (χ1n) is 5.91. The van der Waals surface area contributed by atoms with E-state index in [2.05, 4.69) is 10.3 Å². The lowest BCUT2D eigenvalue weighted by molar-refractivity contribution is -0.113. The zero-order chi connectivity index (χ0) is 15.2. The van der Waals surface area contributed by atoms with Crippen LogP contribution in [0.4, 0.5) is 5.13 Å². The summed E-state index contributed by atoms with van der Waals surface area (Å²) < 4.78 is 11.9. The minimum atomic E-state index is -1.36. The summed E-state index contributed by atoms with van der Waals surface area (Å²) in [7, 11) is -1.36. The summed E-state index contributed by atoms with van der Waals surface area (Å²) in [5.74, 6) is -1.29. The number of carboxylic acids is 1. The number of aromatic carboxylic acids is 1. The quantitative estimate of drug-likeness (QED) is 0.843. The largest absolute Gasteiger partial charge is 0.478 e. The van der Waals surface area contributed by atoms with Gasteiger partial charge in [0, 0.05) is 28.1 Å². The van der Waals surface area contributed by atoms with Gasteiger partial charge in [0.05, 0.1) is 5.56 Å². The van der Waals surface area contributed by atoms with Gasteiger partial charge in [-0.2, -0.15) is 0 Å². The van der Waals surface area contributed by atoms with Crippen LogP contribution in [0.2, 0.25) is 0 Å². The molecule has 2 N–H and O–H groups in total. The molecule has 6 nitrogen and oxygen atoms in total. The number of nitrogens with zero attached hydrogens (tertiary/aromatic N) is 1. The first-order chi connectivity index (χ1) is 10.0. The number of carboxylic acid groups (broad SMARTS) is 1. The Morgan fingerprint density at radius 2 is 2.00 bits per heavy atom. The number of amides is 1. The Hall–Kier alpha value is -2.06. The molecular weight excluding hydrogens is 312 g/mol. The summed E-state index contributed by atoms with van der Waals surface area (Å²) in [4.78, 5) is 26.3. The van der Waals surface area contributed by atoms with Crippen LogP contribution in [-0.4, -0.2) is 31.9 Å². The van der Waals surface area contributed by atoms with Crippen LogP contribution in [-0.2, 0) is 21.3 Å². The maximum atomic E-state index is 11.9. The van der Waals surface area contributed by atoms with Gasteiger partial charge in [0.15, 0.2) is 5.13 Å². The number of hydrogen-bond acceptors (Lipinski definition) is 5. The highest BCUT2D eigenvalue weighted by molar-refractivity contribution is 7.84. The maximum Gasteiger partial charge on any atom is 0.335 e. The SMILES string of the molecule is O=C(CS(=O)Cc1ccc(C(=O)O)cc1)Nc1nccs1. The Balaban J connectivity index is 1.86. The van der Waals surface area contributed by atoms with Gasteiger partial charge in [0.1, 0.15) is 5.75 Å². The van der Waals surface area contributed by atoms with Crippen LogP contribution in [0.3, 0.4) is 0 Å². The molecule has 0 saturated carbocycles. The molecule has 1 atom stereocenters. The first kappa shape index (κ1) is 15.3. The summed E-state index contributed by atoms with van der Waals surface area (Å²) in [5, 5.41) is 13.5. The van der Waals surface area contributed by atoms with Crippen molar-refractivity contribution >= 4 is 39.1 Å². The van der Waals surface area contributed by atoms with Gasteiger partial charge in [-0.3, -0.25) is 9.00 Å². The van der Waals surface area contributed by atoms with Gasteiger partial charge in [-0.1, -0.05) is 12.1 Å². The minimum absolute atomic E-state index is 0.125. The van der Waals surface area contributed by atoms with E-state index in [4.69, 9.17) is 5.11 Å². The number of nitrogens with one attached hydrogen (secondary N) is 1. The smallest absolute Gasteiger partial charge is 0.335 e. The average Bonchev–Trinajstić information content (AvgIpc) is 2.91. The number of carbonyl (C=O) groups is 2. The van der Waals surface area contributed by atoms with Crippen molar-refractivity contribution in [2.45, 2.75) is 5.75 Å². The third-order valence-electron chi connectivity index (χ3n) is 2.50. The molecule has 8 heteroatoms. The molecule has 110 valence electrons. The fourth-order valence-corrected chi connectivity index (χ4v) is 3.14. The fraction of sp³-hybridized carbons (Fsp3) is 0.154. The van der Waals surface area contributed by atoms with E-state index in [1.54, 1.807) is 23.7 Å². The minimum Gasteiger partial charge on any atom is -0.478 e. The highest BCUT2D eigenvalue weighted by Gasteiger charge is 2.10. The van der Waals surface area contributed by atoms with E-state index in [0.717, 1.165) is 5.56 Å². The van der Waals surface area contributed by atoms with Gasteiger partial charge in [0.2, 0.25) is 5.91 Å². The Labute approximate surface area is 127 Å². The normalized spacial score (nSPS) is 11.8. The number of benzene rings is 1. The van der Waals surface area contributed by atoms with Crippen LogP contribution < -0.4 is 5.32 Å². The van der Waals surface area contributed by atoms with E-state index < -0.39 is 16.8 Å². The lowest BCUT2D eigenvalue weighted by Gasteiger charge is -2.03. The Morgan fingerprint density at radius 1 is 1.29 bits per heavy atom. The molecule has 0 bridgehead atoms. The highest BCUT2D eigenvalue weighted by atomic mass is 32.2. The van der Waals surface area contributed by atoms with Crippen molar-refractivity contribution in [3.63, 3.8) is 0 Å². The number of rotatable bonds is 6. The maximum absolute atomic E-state index is 11.9. The third kappa shape index (κ3) is 4.76. The molecule has 0 aliphatic carbocycles. The van der Waals surface area contributed by atoms with Crippen LogP contribution in [0.1, 0.15) is 15.9 Å². The monoisotopic (exact) mass is 324 g/mol. The van der Waals surface area contributed by atoms with Gasteiger partial charge < -0.3 is 10.4 Å². The highest BCUT2D eigenvalue weighted by Crippen LogP contribution is 2.11. The van der Waals surface area contributed by atoms with Crippen molar-refractivity contribution in [3.05, 3.63) is 47.0 Å². The molecule has 21 heavy (non-hydrogen) atoms. The lowest BCUT2D eigenvalue weighted by atomic mass is 10.1.